The molecule has 1 unspecified atom stereocenters. The zero-order valence-corrected chi connectivity index (χ0v) is 12.3. The monoisotopic (exact) mass is 300 g/mol. The number of rotatable bonds is 2. The Balaban J connectivity index is 1.64. The SMILES string of the molecule is O=C1CC2SCC(c3cnc(-c4ccccc4)s3)=CN12. The molecule has 1 aromatic heterocycles. The van der Waals surface area contributed by atoms with Gasteiger partial charge < -0.3 is 4.90 Å². The Hall–Kier alpha value is -1.59. The molecule has 1 atom stereocenters. The summed E-state index contributed by atoms with van der Waals surface area (Å²) < 4.78 is 0. The molecule has 2 aliphatic rings. The third-order valence-corrected chi connectivity index (χ3v) is 5.89. The molecule has 2 aromatic rings. The maximum Gasteiger partial charge on any atom is 0.230 e. The summed E-state index contributed by atoms with van der Waals surface area (Å²) in [6, 6.07) is 10.2. The first-order valence-electron chi connectivity index (χ1n) is 6.46. The van der Waals surface area contributed by atoms with Crippen LogP contribution >= 0.6 is 23.1 Å². The van der Waals surface area contributed by atoms with Gasteiger partial charge in [0.15, 0.2) is 0 Å². The largest absolute Gasteiger partial charge is 0.306 e. The van der Waals surface area contributed by atoms with Crippen molar-refractivity contribution < 1.29 is 4.79 Å². The fourth-order valence-corrected chi connectivity index (χ4v) is 4.58. The molecule has 0 bridgehead atoms. The molecule has 0 aliphatic carbocycles. The van der Waals surface area contributed by atoms with Gasteiger partial charge in [0, 0.05) is 23.7 Å². The number of β-lactam (4-membered cyclic amide) rings is 1. The fraction of sp³-hybridized carbons (Fsp3) is 0.200. The Labute approximate surface area is 125 Å². The summed E-state index contributed by atoms with van der Waals surface area (Å²) in [5.74, 6) is 1.19. The number of fused-ring (bicyclic) bond motifs is 1. The van der Waals surface area contributed by atoms with Crippen molar-refractivity contribution in [2.75, 3.05) is 5.75 Å². The Morgan fingerprint density at radius 3 is 2.90 bits per heavy atom. The van der Waals surface area contributed by atoms with E-state index in [2.05, 4.69) is 17.1 Å². The van der Waals surface area contributed by atoms with Crippen molar-refractivity contribution >= 4 is 34.6 Å². The molecule has 0 saturated carbocycles. The second kappa shape index (κ2) is 4.75. The summed E-state index contributed by atoms with van der Waals surface area (Å²) in [7, 11) is 0. The number of hydrogen-bond acceptors (Lipinski definition) is 4. The van der Waals surface area contributed by atoms with E-state index in [9.17, 15) is 4.79 Å². The van der Waals surface area contributed by atoms with Gasteiger partial charge in [0.25, 0.3) is 0 Å². The molecule has 4 rings (SSSR count). The van der Waals surface area contributed by atoms with E-state index >= 15 is 0 Å². The molecule has 0 N–H and O–H groups in total. The van der Waals surface area contributed by atoms with Crippen LogP contribution in [0.15, 0.2) is 42.7 Å². The van der Waals surface area contributed by atoms with E-state index in [1.807, 2.05) is 47.3 Å². The molecule has 2 aliphatic heterocycles. The summed E-state index contributed by atoms with van der Waals surface area (Å²) >= 11 is 3.53. The van der Waals surface area contributed by atoms with Gasteiger partial charge in [-0.3, -0.25) is 4.79 Å². The lowest BCUT2D eigenvalue weighted by Gasteiger charge is -2.40. The number of carbonyl (C=O) groups is 1. The number of nitrogens with zero attached hydrogens (tertiary/aromatic N) is 2. The highest BCUT2D eigenvalue weighted by molar-refractivity contribution is 8.00. The standard InChI is InChI=1S/C15H12N2OS2/c18-13-6-14-17(13)8-11(9-19-14)12-7-16-15(20-12)10-4-2-1-3-5-10/h1-5,7-8,14H,6,9H2. The van der Waals surface area contributed by atoms with Crippen LogP contribution in [0.3, 0.4) is 0 Å². The molecule has 5 heteroatoms. The van der Waals surface area contributed by atoms with E-state index in [4.69, 9.17) is 0 Å². The van der Waals surface area contributed by atoms with E-state index < -0.39 is 0 Å². The lowest BCUT2D eigenvalue weighted by molar-refractivity contribution is -0.137. The predicted molar refractivity (Wildman–Crippen MR) is 83.2 cm³/mol. The minimum atomic E-state index is 0.229. The van der Waals surface area contributed by atoms with Gasteiger partial charge in [-0.15, -0.1) is 23.1 Å². The van der Waals surface area contributed by atoms with Crippen LogP contribution in [0, 0.1) is 0 Å². The molecule has 0 radical (unpaired) electrons. The molecule has 3 heterocycles. The van der Waals surface area contributed by atoms with E-state index in [1.54, 1.807) is 11.3 Å². The van der Waals surface area contributed by atoms with Crippen LogP contribution in [-0.4, -0.2) is 26.9 Å². The molecular weight excluding hydrogens is 288 g/mol. The van der Waals surface area contributed by atoms with Gasteiger partial charge in [-0.1, -0.05) is 30.3 Å². The second-order valence-corrected chi connectivity index (χ2v) is 7.02. The maximum absolute atomic E-state index is 11.5. The van der Waals surface area contributed by atoms with Crippen molar-refractivity contribution in [2.45, 2.75) is 11.8 Å². The van der Waals surface area contributed by atoms with Gasteiger partial charge in [0.2, 0.25) is 5.91 Å². The summed E-state index contributed by atoms with van der Waals surface area (Å²) in [4.78, 5) is 19.0. The van der Waals surface area contributed by atoms with Crippen molar-refractivity contribution in [3.05, 3.63) is 47.6 Å². The molecule has 0 spiro atoms. The van der Waals surface area contributed by atoms with Gasteiger partial charge in [0.1, 0.15) is 5.01 Å². The molecule has 3 nitrogen and oxygen atoms in total. The Morgan fingerprint density at radius 1 is 1.25 bits per heavy atom. The number of benzene rings is 1. The highest BCUT2D eigenvalue weighted by Crippen LogP contribution is 2.40. The summed E-state index contributed by atoms with van der Waals surface area (Å²) in [6.45, 7) is 0. The van der Waals surface area contributed by atoms with Crippen molar-refractivity contribution in [1.82, 2.24) is 9.88 Å². The van der Waals surface area contributed by atoms with Crippen molar-refractivity contribution in [1.29, 1.82) is 0 Å². The van der Waals surface area contributed by atoms with Crippen LogP contribution in [0.1, 0.15) is 11.3 Å². The summed E-state index contributed by atoms with van der Waals surface area (Å²) in [6.07, 6.45) is 4.62. The second-order valence-electron chi connectivity index (χ2n) is 4.82. The minimum absolute atomic E-state index is 0.229. The minimum Gasteiger partial charge on any atom is -0.306 e. The van der Waals surface area contributed by atoms with E-state index in [-0.39, 0.29) is 5.91 Å². The van der Waals surface area contributed by atoms with Crippen LogP contribution in [0.25, 0.3) is 16.1 Å². The Bertz CT molecular complexity index is 693. The lowest BCUT2D eigenvalue weighted by atomic mass is 10.2. The van der Waals surface area contributed by atoms with Crippen molar-refractivity contribution in [3.8, 4) is 10.6 Å². The number of hydrogen-bond donors (Lipinski definition) is 0. The molecular formula is C15H12N2OS2. The maximum atomic E-state index is 11.5. The number of amides is 1. The van der Waals surface area contributed by atoms with Crippen LogP contribution in [0.2, 0.25) is 0 Å². The highest BCUT2D eigenvalue weighted by Gasteiger charge is 2.38. The van der Waals surface area contributed by atoms with Gasteiger partial charge in [-0.2, -0.15) is 0 Å². The molecule has 1 saturated heterocycles. The van der Waals surface area contributed by atoms with Crippen LogP contribution in [0.5, 0.6) is 0 Å². The smallest absolute Gasteiger partial charge is 0.230 e. The third-order valence-electron chi connectivity index (χ3n) is 3.52. The van der Waals surface area contributed by atoms with Gasteiger partial charge in [-0.25, -0.2) is 4.98 Å². The van der Waals surface area contributed by atoms with E-state index in [0.29, 0.717) is 11.8 Å². The molecule has 1 fully saturated rings. The van der Waals surface area contributed by atoms with Gasteiger partial charge in [0.05, 0.1) is 16.7 Å². The lowest BCUT2D eigenvalue weighted by Crippen LogP contribution is -2.48. The average molecular weight is 300 g/mol. The third kappa shape index (κ3) is 1.98. The fourth-order valence-electron chi connectivity index (χ4n) is 2.36. The summed E-state index contributed by atoms with van der Waals surface area (Å²) in [5, 5.41) is 1.40. The van der Waals surface area contributed by atoms with Crippen LogP contribution in [-0.2, 0) is 4.79 Å². The topological polar surface area (TPSA) is 33.2 Å². The van der Waals surface area contributed by atoms with Crippen LogP contribution in [0.4, 0.5) is 0 Å². The zero-order chi connectivity index (χ0) is 13.5. The van der Waals surface area contributed by atoms with Crippen LogP contribution < -0.4 is 0 Å². The zero-order valence-electron chi connectivity index (χ0n) is 10.7. The predicted octanol–water partition coefficient (Wildman–Crippen LogP) is 3.46. The number of carbonyl (C=O) groups excluding carboxylic acids is 1. The average Bonchev–Trinajstić information content (AvgIpc) is 2.97. The van der Waals surface area contributed by atoms with Gasteiger partial charge in [-0.05, 0) is 5.57 Å². The Kier molecular flexibility index (Phi) is 2.89. The first-order valence-corrected chi connectivity index (χ1v) is 8.33. The summed E-state index contributed by atoms with van der Waals surface area (Å²) in [5.41, 5.74) is 2.35. The number of thiazole rings is 1. The first-order chi connectivity index (χ1) is 9.81. The van der Waals surface area contributed by atoms with E-state index in [1.165, 1.54) is 5.57 Å². The normalized spacial score (nSPS) is 21.2. The first kappa shape index (κ1) is 12.2. The number of aromatic nitrogens is 1. The molecule has 100 valence electrons. The number of thioether (sulfide) groups is 1. The highest BCUT2D eigenvalue weighted by atomic mass is 32.2. The van der Waals surface area contributed by atoms with Crippen molar-refractivity contribution in [2.24, 2.45) is 0 Å². The van der Waals surface area contributed by atoms with E-state index in [0.717, 1.165) is 21.2 Å². The molecule has 1 amide bonds. The quantitative estimate of drug-likeness (QED) is 0.796. The molecule has 1 aromatic carbocycles. The van der Waals surface area contributed by atoms with Gasteiger partial charge >= 0.3 is 0 Å². The Morgan fingerprint density at radius 2 is 2.10 bits per heavy atom. The molecule has 20 heavy (non-hydrogen) atoms. The van der Waals surface area contributed by atoms with Crippen molar-refractivity contribution in [3.63, 3.8) is 0 Å².